The first-order chi connectivity index (χ1) is 12.3. The Morgan fingerprint density at radius 1 is 0.920 bits per heavy atom. The van der Waals surface area contributed by atoms with Gasteiger partial charge in [-0.1, -0.05) is 60.7 Å². The van der Waals surface area contributed by atoms with Gasteiger partial charge in [-0.3, -0.25) is 4.79 Å². The van der Waals surface area contributed by atoms with E-state index in [1.807, 2.05) is 71.4 Å². The van der Waals surface area contributed by atoms with Crippen molar-refractivity contribution in [3.8, 4) is 0 Å². The van der Waals surface area contributed by atoms with E-state index in [-0.39, 0.29) is 12.5 Å². The van der Waals surface area contributed by atoms with Crippen LogP contribution in [0.15, 0.2) is 84.1 Å². The van der Waals surface area contributed by atoms with Gasteiger partial charge in [0, 0.05) is 17.3 Å². The number of hydrazone groups is 1. The summed E-state index contributed by atoms with van der Waals surface area (Å²) in [5, 5.41) is 7.49. The predicted octanol–water partition coefficient (Wildman–Crippen LogP) is 3.94. The molecule has 0 aliphatic rings. The van der Waals surface area contributed by atoms with E-state index in [1.165, 1.54) is 0 Å². The van der Waals surface area contributed by atoms with Crippen LogP contribution in [-0.4, -0.2) is 16.7 Å². The normalized spacial score (nSPS) is 11.4. The summed E-state index contributed by atoms with van der Waals surface area (Å²) in [6.45, 7) is 0.236. The molecule has 0 radical (unpaired) electrons. The van der Waals surface area contributed by atoms with Crippen molar-refractivity contribution in [1.29, 1.82) is 0 Å². The van der Waals surface area contributed by atoms with Crippen LogP contribution in [0.3, 0.4) is 0 Å². The molecular weight excluding hydrogens is 310 g/mol. The highest BCUT2D eigenvalue weighted by molar-refractivity contribution is 6.00. The van der Waals surface area contributed by atoms with Gasteiger partial charge >= 0.3 is 0 Å². The SMILES string of the molecule is O=C(Cn1ccc2ccccc21)N/N=C/c1cccc2ccccc12. The first-order valence-electron chi connectivity index (χ1n) is 8.15. The molecule has 1 amide bonds. The van der Waals surface area contributed by atoms with E-state index >= 15 is 0 Å². The zero-order valence-electron chi connectivity index (χ0n) is 13.6. The van der Waals surface area contributed by atoms with Crippen molar-refractivity contribution in [2.75, 3.05) is 0 Å². The lowest BCUT2D eigenvalue weighted by Gasteiger charge is -2.04. The highest BCUT2D eigenvalue weighted by Crippen LogP contribution is 2.17. The van der Waals surface area contributed by atoms with E-state index in [0.717, 1.165) is 27.2 Å². The fourth-order valence-corrected chi connectivity index (χ4v) is 3.01. The molecule has 1 heterocycles. The standard InChI is InChI=1S/C21H17N3O/c25-21(15-24-13-12-17-7-2-4-11-20(17)24)23-22-14-18-9-5-8-16-6-1-3-10-19(16)18/h1-14H,15H2,(H,23,25)/b22-14+. The summed E-state index contributed by atoms with van der Waals surface area (Å²) in [5.74, 6) is -0.155. The molecule has 0 aliphatic carbocycles. The topological polar surface area (TPSA) is 46.4 Å². The number of carbonyl (C=O) groups excluding carboxylic acids is 1. The minimum Gasteiger partial charge on any atom is -0.338 e. The van der Waals surface area contributed by atoms with Crippen molar-refractivity contribution in [2.45, 2.75) is 6.54 Å². The molecule has 0 fully saturated rings. The van der Waals surface area contributed by atoms with Crippen molar-refractivity contribution < 1.29 is 4.79 Å². The van der Waals surface area contributed by atoms with Crippen LogP contribution >= 0.6 is 0 Å². The number of amides is 1. The summed E-state index contributed by atoms with van der Waals surface area (Å²) in [4.78, 5) is 12.2. The lowest BCUT2D eigenvalue weighted by molar-refractivity contribution is -0.121. The Hall–Kier alpha value is -3.40. The average Bonchev–Trinajstić information content (AvgIpc) is 3.05. The number of rotatable bonds is 4. The summed E-state index contributed by atoms with van der Waals surface area (Å²) < 4.78 is 1.91. The van der Waals surface area contributed by atoms with Crippen molar-refractivity contribution in [2.24, 2.45) is 5.10 Å². The Morgan fingerprint density at radius 2 is 1.68 bits per heavy atom. The van der Waals surface area contributed by atoms with Crippen LogP contribution < -0.4 is 5.43 Å². The third kappa shape index (κ3) is 3.15. The molecule has 0 unspecified atom stereocenters. The van der Waals surface area contributed by atoms with Crippen LogP contribution in [0.4, 0.5) is 0 Å². The molecule has 3 aromatic carbocycles. The number of carbonyl (C=O) groups is 1. The quantitative estimate of drug-likeness (QED) is 0.448. The summed E-state index contributed by atoms with van der Waals surface area (Å²) in [6, 6.07) is 24.1. The van der Waals surface area contributed by atoms with Gasteiger partial charge in [0.1, 0.15) is 6.54 Å². The van der Waals surface area contributed by atoms with E-state index in [1.54, 1.807) is 6.21 Å². The fraction of sp³-hybridized carbons (Fsp3) is 0.0476. The van der Waals surface area contributed by atoms with Gasteiger partial charge in [0.25, 0.3) is 5.91 Å². The van der Waals surface area contributed by atoms with Crippen molar-refractivity contribution in [1.82, 2.24) is 9.99 Å². The molecule has 1 N–H and O–H groups in total. The highest BCUT2D eigenvalue weighted by atomic mass is 16.2. The Bertz CT molecular complexity index is 1070. The second-order valence-electron chi connectivity index (χ2n) is 5.86. The molecule has 0 saturated carbocycles. The number of aromatic nitrogens is 1. The van der Waals surface area contributed by atoms with Crippen molar-refractivity contribution >= 4 is 33.8 Å². The van der Waals surface area contributed by atoms with Crippen LogP contribution in [0.25, 0.3) is 21.7 Å². The van der Waals surface area contributed by atoms with E-state index in [0.29, 0.717) is 0 Å². The van der Waals surface area contributed by atoms with Gasteiger partial charge in [0.2, 0.25) is 0 Å². The molecule has 122 valence electrons. The highest BCUT2D eigenvalue weighted by Gasteiger charge is 2.05. The first-order valence-corrected chi connectivity index (χ1v) is 8.15. The second-order valence-corrected chi connectivity index (χ2v) is 5.86. The average molecular weight is 327 g/mol. The minimum atomic E-state index is -0.155. The van der Waals surface area contributed by atoms with E-state index in [9.17, 15) is 4.79 Å². The molecule has 0 spiro atoms. The zero-order chi connectivity index (χ0) is 17.1. The maximum atomic E-state index is 12.2. The largest absolute Gasteiger partial charge is 0.338 e. The second kappa shape index (κ2) is 6.61. The summed E-state index contributed by atoms with van der Waals surface area (Å²) in [6.07, 6.45) is 3.60. The van der Waals surface area contributed by atoms with Crippen LogP contribution in [0, 0.1) is 0 Å². The first kappa shape index (κ1) is 15.1. The van der Waals surface area contributed by atoms with Crippen LogP contribution in [0.2, 0.25) is 0 Å². The number of fused-ring (bicyclic) bond motifs is 2. The third-order valence-electron chi connectivity index (χ3n) is 4.21. The lowest BCUT2D eigenvalue weighted by Crippen LogP contribution is -2.22. The number of benzene rings is 3. The minimum absolute atomic E-state index is 0.155. The summed E-state index contributed by atoms with van der Waals surface area (Å²) in [7, 11) is 0. The Kier molecular flexibility index (Phi) is 4.01. The molecule has 0 saturated heterocycles. The molecular formula is C21H17N3O. The van der Waals surface area contributed by atoms with Crippen molar-refractivity contribution in [3.63, 3.8) is 0 Å². The molecule has 0 aliphatic heterocycles. The molecule has 4 aromatic rings. The fourth-order valence-electron chi connectivity index (χ4n) is 3.01. The number of para-hydroxylation sites is 1. The van der Waals surface area contributed by atoms with Crippen molar-refractivity contribution in [3.05, 3.63) is 84.6 Å². The number of hydrogen-bond acceptors (Lipinski definition) is 2. The van der Waals surface area contributed by atoms with Gasteiger partial charge in [-0.2, -0.15) is 5.10 Å². The maximum Gasteiger partial charge on any atom is 0.259 e. The van der Waals surface area contributed by atoms with E-state index in [2.05, 4.69) is 22.7 Å². The zero-order valence-corrected chi connectivity index (χ0v) is 13.6. The monoisotopic (exact) mass is 327 g/mol. The predicted molar refractivity (Wildman–Crippen MR) is 102 cm³/mol. The van der Waals surface area contributed by atoms with Gasteiger partial charge in [-0.25, -0.2) is 5.43 Å². The van der Waals surface area contributed by atoms with E-state index < -0.39 is 0 Å². The van der Waals surface area contributed by atoms with Gasteiger partial charge in [0.05, 0.1) is 6.21 Å². The molecule has 0 atom stereocenters. The molecule has 4 heteroatoms. The summed E-state index contributed by atoms with van der Waals surface area (Å²) in [5.41, 5.74) is 4.62. The van der Waals surface area contributed by atoms with Crippen LogP contribution in [-0.2, 0) is 11.3 Å². The Labute approximate surface area is 145 Å². The molecule has 4 rings (SSSR count). The molecule has 1 aromatic heterocycles. The number of hydrogen-bond donors (Lipinski definition) is 1. The number of nitrogens with one attached hydrogen (secondary N) is 1. The van der Waals surface area contributed by atoms with Gasteiger partial charge < -0.3 is 4.57 Å². The molecule has 25 heavy (non-hydrogen) atoms. The maximum absolute atomic E-state index is 12.2. The smallest absolute Gasteiger partial charge is 0.259 e. The number of nitrogens with zero attached hydrogens (tertiary/aromatic N) is 2. The van der Waals surface area contributed by atoms with Gasteiger partial charge in [0.15, 0.2) is 0 Å². The Morgan fingerprint density at radius 3 is 2.60 bits per heavy atom. The molecule has 0 bridgehead atoms. The summed E-state index contributed by atoms with van der Waals surface area (Å²) >= 11 is 0. The van der Waals surface area contributed by atoms with Crippen LogP contribution in [0.5, 0.6) is 0 Å². The van der Waals surface area contributed by atoms with Crippen LogP contribution in [0.1, 0.15) is 5.56 Å². The van der Waals surface area contributed by atoms with Gasteiger partial charge in [-0.15, -0.1) is 0 Å². The molecule has 4 nitrogen and oxygen atoms in total. The van der Waals surface area contributed by atoms with E-state index in [4.69, 9.17) is 0 Å². The Balaban J connectivity index is 1.47. The van der Waals surface area contributed by atoms with Gasteiger partial charge in [-0.05, 0) is 28.3 Å². The lowest BCUT2D eigenvalue weighted by atomic mass is 10.1. The third-order valence-corrected chi connectivity index (χ3v) is 4.21.